The van der Waals surface area contributed by atoms with Crippen LogP contribution in [0.5, 0.6) is 5.75 Å². The summed E-state index contributed by atoms with van der Waals surface area (Å²) >= 11 is 11.7. The van der Waals surface area contributed by atoms with Crippen molar-refractivity contribution < 1.29 is 9.53 Å². The lowest BCUT2D eigenvalue weighted by Gasteiger charge is -2.12. The van der Waals surface area contributed by atoms with Gasteiger partial charge in [0, 0.05) is 15.7 Å². The van der Waals surface area contributed by atoms with Crippen LogP contribution in [-0.4, -0.2) is 5.91 Å². The van der Waals surface area contributed by atoms with Gasteiger partial charge in [-0.05, 0) is 54.1 Å². The number of para-hydroxylation sites is 1. The van der Waals surface area contributed by atoms with Gasteiger partial charge in [0.25, 0.3) is 5.91 Å². The second-order valence-corrected chi connectivity index (χ2v) is 6.25. The van der Waals surface area contributed by atoms with E-state index in [1.165, 1.54) is 0 Å². The van der Waals surface area contributed by atoms with Gasteiger partial charge in [0.2, 0.25) is 0 Å². The normalized spacial score (nSPS) is 10.3. The minimum Gasteiger partial charge on any atom is -0.488 e. The summed E-state index contributed by atoms with van der Waals surface area (Å²) < 4.78 is 5.82. The van der Waals surface area contributed by atoms with Crippen molar-refractivity contribution in [1.29, 1.82) is 0 Å². The van der Waals surface area contributed by atoms with Crippen molar-refractivity contribution in [2.24, 2.45) is 0 Å². The molecule has 0 bridgehead atoms. The molecule has 3 nitrogen and oxygen atoms in total. The molecule has 0 spiro atoms. The Morgan fingerprint density at radius 1 is 0.840 bits per heavy atom. The molecule has 0 aliphatic rings. The number of halogens is 2. The maximum absolute atomic E-state index is 12.5. The first kappa shape index (κ1) is 17.3. The van der Waals surface area contributed by atoms with Crippen molar-refractivity contribution in [3.05, 3.63) is 94.0 Å². The Labute approximate surface area is 156 Å². The minimum absolute atomic E-state index is 0.242. The quantitative estimate of drug-likeness (QED) is 0.612. The van der Waals surface area contributed by atoms with Crippen LogP contribution in [0.25, 0.3) is 0 Å². The molecule has 0 aliphatic heterocycles. The molecule has 25 heavy (non-hydrogen) atoms. The molecule has 3 aromatic rings. The fraction of sp³-hybridized carbons (Fsp3) is 0.0500. The first-order chi connectivity index (χ1) is 12.1. The van der Waals surface area contributed by atoms with Gasteiger partial charge in [0.05, 0.1) is 5.56 Å². The molecular weight excluding hydrogens is 357 g/mol. The predicted molar refractivity (Wildman–Crippen MR) is 102 cm³/mol. The summed E-state index contributed by atoms with van der Waals surface area (Å²) in [5.74, 6) is 0.276. The Morgan fingerprint density at radius 3 is 2.12 bits per heavy atom. The largest absolute Gasteiger partial charge is 0.488 e. The molecule has 126 valence electrons. The maximum Gasteiger partial charge on any atom is 0.259 e. The fourth-order valence-corrected chi connectivity index (χ4v) is 2.51. The van der Waals surface area contributed by atoms with Crippen LogP contribution in [0.2, 0.25) is 10.0 Å². The van der Waals surface area contributed by atoms with Gasteiger partial charge in [0.1, 0.15) is 12.4 Å². The fourth-order valence-electron chi connectivity index (χ4n) is 2.25. The Morgan fingerprint density at radius 2 is 1.44 bits per heavy atom. The minimum atomic E-state index is -0.242. The number of ether oxygens (including phenoxy) is 1. The number of hydrogen-bond acceptors (Lipinski definition) is 2. The van der Waals surface area contributed by atoms with Crippen LogP contribution in [-0.2, 0) is 6.61 Å². The molecule has 0 heterocycles. The maximum atomic E-state index is 12.5. The van der Waals surface area contributed by atoms with Gasteiger partial charge < -0.3 is 10.1 Å². The van der Waals surface area contributed by atoms with Crippen LogP contribution in [0.4, 0.5) is 5.69 Å². The monoisotopic (exact) mass is 371 g/mol. The molecule has 0 saturated carbocycles. The van der Waals surface area contributed by atoms with E-state index < -0.39 is 0 Å². The summed E-state index contributed by atoms with van der Waals surface area (Å²) in [7, 11) is 0. The molecule has 0 saturated heterocycles. The highest BCUT2D eigenvalue weighted by molar-refractivity contribution is 6.30. The first-order valence-corrected chi connectivity index (χ1v) is 8.40. The van der Waals surface area contributed by atoms with E-state index in [4.69, 9.17) is 27.9 Å². The molecule has 0 radical (unpaired) electrons. The third-order valence-electron chi connectivity index (χ3n) is 3.54. The number of amides is 1. The molecule has 1 amide bonds. The predicted octanol–water partition coefficient (Wildman–Crippen LogP) is 5.82. The van der Waals surface area contributed by atoms with Crippen molar-refractivity contribution in [2.45, 2.75) is 6.61 Å². The smallest absolute Gasteiger partial charge is 0.259 e. The third-order valence-corrected chi connectivity index (χ3v) is 4.05. The summed E-state index contributed by atoms with van der Waals surface area (Å²) in [4.78, 5) is 12.5. The molecule has 3 rings (SSSR count). The molecule has 0 atom stereocenters. The van der Waals surface area contributed by atoms with Gasteiger partial charge in [-0.3, -0.25) is 4.79 Å². The second-order valence-electron chi connectivity index (χ2n) is 5.37. The highest BCUT2D eigenvalue weighted by Gasteiger charge is 2.12. The number of carbonyl (C=O) groups excluding carboxylic acids is 1. The van der Waals surface area contributed by atoms with E-state index in [2.05, 4.69) is 5.32 Å². The Balaban J connectivity index is 1.72. The molecular formula is C20H15Cl2NO2. The standard InChI is InChI=1S/C20H15Cl2NO2/c21-15-7-5-14(6-8-15)13-25-19-4-2-1-3-18(19)20(24)23-17-11-9-16(22)10-12-17/h1-12H,13H2,(H,23,24). The van der Waals surface area contributed by atoms with Crippen LogP contribution >= 0.6 is 23.2 Å². The van der Waals surface area contributed by atoms with E-state index >= 15 is 0 Å². The van der Waals surface area contributed by atoms with Crippen LogP contribution in [0.1, 0.15) is 15.9 Å². The lowest BCUT2D eigenvalue weighted by molar-refractivity contribution is 0.102. The zero-order valence-corrected chi connectivity index (χ0v) is 14.7. The lowest BCUT2D eigenvalue weighted by Crippen LogP contribution is -2.13. The Hall–Kier alpha value is -2.49. The van der Waals surface area contributed by atoms with Gasteiger partial charge >= 0.3 is 0 Å². The van der Waals surface area contributed by atoms with Gasteiger partial charge in [-0.2, -0.15) is 0 Å². The second kappa shape index (κ2) is 8.06. The molecule has 0 fully saturated rings. The van der Waals surface area contributed by atoms with Crippen LogP contribution in [0.15, 0.2) is 72.8 Å². The van der Waals surface area contributed by atoms with E-state index in [0.29, 0.717) is 33.7 Å². The number of rotatable bonds is 5. The zero-order chi connectivity index (χ0) is 17.6. The van der Waals surface area contributed by atoms with Gasteiger partial charge in [-0.15, -0.1) is 0 Å². The zero-order valence-electron chi connectivity index (χ0n) is 13.2. The van der Waals surface area contributed by atoms with Crippen LogP contribution in [0, 0.1) is 0 Å². The highest BCUT2D eigenvalue weighted by atomic mass is 35.5. The molecule has 0 aliphatic carbocycles. The van der Waals surface area contributed by atoms with Crippen LogP contribution < -0.4 is 10.1 Å². The number of nitrogens with one attached hydrogen (secondary N) is 1. The first-order valence-electron chi connectivity index (χ1n) is 7.65. The van der Waals surface area contributed by atoms with E-state index in [9.17, 15) is 4.79 Å². The molecule has 0 unspecified atom stereocenters. The average molecular weight is 372 g/mol. The van der Waals surface area contributed by atoms with E-state index in [1.54, 1.807) is 54.6 Å². The number of anilines is 1. The number of carbonyl (C=O) groups is 1. The summed E-state index contributed by atoms with van der Waals surface area (Å²) in [5.41, 5.74) is 2.10. The summed E-state index contributed by atoms with van der Waals surface area (Å²) in [5, 5.41) is 4.12. The van der Waals surface area contributed by atoms with Crippen LogP contribution in [0.3, 0.4) is 0 Å². The Bertz CT molecular complexity index is 862. The molecule has 5 heteroatoms. The molecule has 3 aromatic carbocycles. The molecule has 0 aromatic heterocycles. The third kappa shape index (κ3) is 4.75. The summed E-state index contributed by atoms with van der Waals surface area (Å²) in [6.07, 6.45) is 0. The van der Waals surface area contributed by atoms with Gasteiger partial charge in [-0.25, -0.2) is 0 Å². The Kier molecular flexibility index (Phi) is 5.59. The van der Waals surface area contributed by atoms with Crippen molar-refractivity contribution in [3.8, 4) is 5.75 Å². The highest BCUT2D eigenvalue weighted by Crippen LogP contribution is 2.22. The van der Waals surface area contributed by atoms with E-state index in [-0.39, 0.29) is 5.91 Å². The SMILES string of the molecule is O=C(Nc1ccc(Cl)cc1)c1ccccc1OCc1ccc(Cl)cc1. The summed E-state index contributed by atoms with van der Waals surface area (Å²) in [6.45, 7) is 0.350. The van der Waals surface area contributed by atoms with Gasteiger partial charge in [-0.1, -0.05) is 47.5 Å². The van der Waals surface area contributed by atoms with E-state index in [1.807, 2.05) is 18.2 Å². The van der Waals surface area contributed by atoms with Crippen molar-refractivity contribution in [2.75, 3.05) is 5.32 Å². The van der Waals surface area contributed by atoms with E-state index in [0.717, 1.165) is 5.56 Å². The van der Waals surface area contributed by atoms with Crippen molar-refractivity contribution >= 4 is 34.8 Å². The number of hydrogen-bond donors (Lipinski definition) is 1. The topological polar surface area (TPSA) is 38.3 Å². The summed E-state index contributed by atoms with van der Waals surface area (Å²) in [6, 6.07) is 21.4. The van der Waals surface area contributed by atoms with Crippen molar-refractivity contribution in [3.63, 3.8) is 0 Å². The van der Waals surface area contributed by atoms with Crippen molar-refractivity contribution in [1.82, 2.24) is 0 Å². The molecule has 1 N–H and O–H groups in total. The number of benzene rings is 3. The van der Waals surface area contributed by atoms with Gasteiger partial charge in [0.15, 0.2) is 0 Å². The average Bonchev–Trinajstić information content (AvgIpc) is 2.63. The lowest BCUT2D eigenvalue weighted by atomic mass is 10.1.